The first kappa shape index (κ1) is 22.7. The number of nitrogens with one attached hydrogen (secondary N) is 1. The summed E-state index contributed by atoms with van der Waals surface area (Å²) in [6.45, 7) is 2.79. The van der Waals surface area contributed by atoms with Crippen LogP contribution in [0.2, 0.25) is 0 Å². The third-order valence-corrected chi connectivity index (χ3v) is 8.44. The molecule has 3 aliphatic rings. The van der Waals surface area contributed by atoms with Gasteiger partial charge in [-0.3, -0.25) is 9.59 Å². The van der Waals surface area contributed by atoms with Gasteiger partial charge in [-0.2, -0.15) is 4.31 Å². The van der Waals surface area contributed by atoms with Crippen LogP contribution in [-0.4, -0.2) is 51.0 Å². The fourth-order valence-corrected chi connectivity index (χ4v) is 6.38. The average Bonchev–Trinajstić information content (AvgIpc) is 3.31. The minimum absolute atomic E-state index is 0.0519. The second kappa shape index (κ2) is 8.92. The molecule has 2 amide bonds. The lowest BCUT2D eigenvalue weighted by atomic mass is 9.98. The van der Waals surface area contributed by atoms with Crippen LogP contribution < -0.4 is 19.7 Å². The Morgan fingerprint density at radius 3 is 2.68 bits per heavy atom. The third-order valence-electron chi connectivity index (χ3n) is 6.58. The third kappa shape index (κ3) is 4.23. The fourth-order valence-electron chi connectivity index (χ4n) is 4.80. The van der Waals surface area contributed by atoms with Gasteiger partial charge in [-0.1, -0.05) is 0 Å². The minimum Gasteiger partial charge on any atom is -0.454 e. The van der Waals surface area contributed by atoms with E-state index in [4.69, 9.17) is 9.47 Å². The van der Waals surface area contributed by atoms with Crippen LogP contribution in [0.15, 0.2) is 41.3 Å². The molecule has 0 radical (unpaired) electrons. The second-order valence-electron chi connectivity index (χ2n) is 8.82. The highest BCUT2D eigenvalue weighted by molar-refractivity contribution is 7.89. The molecular formula is C24H27N3O6S. The fraction of sp³-hybridized carbons (Fsp3) is 0.417. The molecule has 5 rings (SSSR count). The first-order valence-corrected chi connectivity index (χ1v) is 12.9. The molecule has 0 bridgehead atoms. The lowest BCUT2D eigenvalue weighted by Crippen LogP contribution is -2.43. The Balaban J connectivity index is 1.31. The van der Waals surface area contributed by atoms with Crippen molar-refractivity contribution in [2.45, 2.75) is 37.5 Å². The molecule has 0 aliphatic carbocycles. The molecule has 3 heterocycles. The van der Waals surface area contributed by atoms with Crippen molar-refractivity contribution in [2.75, 3.05) is 36.6 Å². The van der Waals surface area contributed by atoms with Crippen LogP contribution in [0.1, 0.15) is 31.7 Å². The normalized spacial score (nSPS) is 20.0. The molecule has 1 fully saturated rings. The summed E-state index contributed by atoms with van der Waals surface area (Å²) in [5.41, 5.74) is 2.22. The Bertz CT molecular complexity index is 1250. The number of ether oxygens (including phenoxy) is 2. The van der Waals surface area contributed by atoms with Gasteiger partial charge in [0.15, 0.2) is 11.5 Å². The summed E-state index contributed by atoms with van der Waals surface area (Å²) in [6.07, 6.45) is 2.73. The summed E-state index contributed by atoms with van der Waals surface area (Å²) in [7, 11) is -3.77. The largest absolute Gasteiger partial charge is 0.454 e. The number of sulfonamides is 1. The number of benzene rings is 2. The number of aryl methyl sites for hydroxylation is 1. The number of hydrogen-bond acceptors (Lipinski definition) is 6. The van der Waals surface area contributed by atoms with E-state index in [2.05, 4.69) is 5.32 Å². The molecule has 0 spiro atoms. The molecule has 10 heteroatoms. The van der Waals surface area contributed by atoms with Gasteiger partial charge in [0.05, 0.1) is 10.8 Å². The average molecular weight is 486 g/mol. The SMILES string of the molecule is CC(=O)N1CCCc2cc(S(=O)(=O)N3CCC[C@@H](C(=O)Nc4ccc5c(c4)OCO5)C3)ccc21. The van der Waals surface area contributed by atoms with Crippen molar-refractivity contribution in [1.82, 2.24) is 4.31 Å². The number of anilines is 2. The van der Waals surface area contributed by atoms with Crippen molar-refractivity contribution < 1.29 is 27.5 Å². The number of amides is 2. The maximum absolute atomic E-state index is 13.4. The van der Waals surface area contributed by atoms with E-state index in [1.165, 1.54) is 11.2 Å². The van der Waals surface area contributed by atoms with Gasteiger partial charge in [0, 0.05) is 44.0 Å². The Labute approximate surface area is 198 Å². The van der Waals surface area contributed by atoms with Gasteiger partial charge in [-0.05, 0) is 61.6 Å². The van der Waals surface area contributed by atoms with Gasteiger partial charge >= 0.3 is 0 Å². The Kier molecular flexibility index (Phi) is 5.95. The minimum atomic E-state index is -3.77. The van der Waals surface area contributed by atoms with E-state index in [9.17, 15) is 18.0 Å². The highest BCUT2D eigenvalue weighted by Crippen LogP contribution is 2.35. The molecule has 1 N–H and O–H groups in total. The van der Waals surface area contributed by atoms with Gasteiger partial charge in [0.1, 0.15) is 0 Å². The van der Waals surface area contributed by atoms with Gasteiger partial charge < -0.3 is 19.7 Å². The summed E-state index contributed by atoms with van der Waals surface area (Å²) >= 11 is 0. The zero-order valence-corrected chi connectivity index (χ0v) is 19.8. The lowest BCUT2D eigenvalue weighted by molar-refractivity contribution is -0.121. The van der Waals surface area contributed by atoms with E-state index in [0.29, 0.717) is 43.1 Å². The first-order chi connectivity index (χ1) is 16.3. The van der Waals surface area contributed by atoms with Crippen LogP contribution in [0.25, 0.3) is 0 Å². The lowest BCUT2D eigenvalue weighted by Gasteiger charge is -2.32. The van der Waals surface area contributed by atoms with Crippen molar-refractivity contribution in [2.24, 2.45) is 5.92 Å². The van der Waals surface area contributed by atoms with E-state index in [0.717, 1.165) is 24.1 Å². The number of hydrogen-bond donors (Lipinski definition) is 1. The maximum atomic E-state index is 13.4. The first-order valence-electron chi connectivity index (χ1n) is 11.4. The smallest absolute Gasteiger partial charge is 0.243 e. The van der Waals surface area contributed by atoms with Gasteiger partial charge in [-0.25, -0.2) is 8.42 Å². The van der Waals surface area contributed by atoms with Gasteiger partial charge in [-0.15, -0.1) is 0 Å². The topological polar surface area (TPSA) is 105 Å². The molecule has 1 saturated heterocycles. The number of nitrogens with zero attached hydrogens (tertiary/aromatic N) is 2. The van der Waals surface area contributed by atoms with Crippen LogP contribution in [0, 0.1) is 5.92 Å². The molecule has 0 saturated carbocycles. The molecule has 34 heavy (non-hydrogen) atoms. The maximum Gasteiger partial charge on any atom is 0.243 e. The van der Waals surface area contributed by atoms with Crippen molar-refractivity contribution in [1.29, 1.82) is 0 Å². The van der Waals surface area contributed by atoms with E-state index >= 15 is 0 Å². The number of fused-ring (bicyclic) bond motifs is 2. The predicted molar refractivity (Wildman–Crippen MR) is 125 cm³/mol. The monoisotopic (exact) mass is 485 g/mol. The standard InChI is InChI=1S/C24H27N3O6S/c1-16(28)27-11-3-4-17-12-20(7-8-21(17)27)34(30,31)26-10-2-5-18(14-26)24(29)25-19-6-9-22-23(13-19)33-15-32-22/h6-9,12-13,18H,2-5,10-11,14-15H2,1H3,(H,25,29)/t18-/m1/s1. The molecule has 0 unspecified atom stereocenters. The highest BCUT2D eigenvalue weighted by atomic mass is 32.2. The van der Waals surface area contributed by atoms with E-state index in [-0.39, 0.29) is 30.0 Å². The van der Waals surface area contributed by atoms with Crippen LogP contribution in [0.4, 0.5) is 11.4 Å². The number of carbonyl (C=O) groups excluding carboxylic acids is 2. The molecule has 1 atom stereocenters. The molecule has 2 aromatic rings. The molecule has 3 aliphatic heterocycles. The zero-order chi connectivity index (χ0) is 23.9. The van der Waals surface area contributed by atoms with Crippen LogP contribution in [0.3, 0.4) is 0 Å². The molecule has 9 nitrogen and oxygen atoms in total. The molecule has 0 aromatic heterocycles. The second-order valence-corrected chi connectivity index (χ2v) is 10.8. The van der Waals surface area contributed by atoms with E-state index in [1.807, 2.05) is 0 Å². The highest BCUT2D eigenvalue weighted by Gasteiger charge is 2.34. The Morgan fingerprint density at radius 2 is 1.85 bits per heavy atom. The zero-order valence-electron chi connectivity index (χ0n) is 19.0. The molecular weight excluding hydrogens is 458 g/mol. The van der Waals surface area contributed by atoms with Crippen LogP contribution in [0.5, 0.6) is 11.5 Å². The van der Waals surface area contributed by atoms with Crippen molar-refractivity contribution >= 4 is 33.2 Å². The summed E-state index contributed by atoms with van der Waals surface area (Å²) < 4.78 is 38.9. The predicted octanol–water partition coefficient (Wildman–Crippen LogP) is 2.75. The number of piperidine rings is 1. The summed E-state index contributed by atoms with van der Waals surface area (Å²) in [5, 5.41) is 2.88. The van der Waals surface area contributed by atoms with Crippen molar-refractivity contribution in [3.05, 3.63) is 42.0 Å². The van der Waals surface area contributed by atoms with Crippen LogP contribution >= 0.6 is 0 Å². The number of carbonyl (C=O) groups is 2. The summed E-state index contributed by atoms with van der Waals surface area (Å²) in [4.78, 5) is 26.7. The van der Waals surface area contributed by atoms with E-state index < -0.39 is 15.9 Å². The molecule has 2 aromatic carbocycles. The van der Waals surface area contributed by atoms with Gasteiger partial charge in [0.2, 0.25) is 28.6 Å². The van der Waals surface area contributed by atoms with Crippen LogP contribution in [-0.2, 0) is 26.0 Å². The van der Waals surface area contributed by atoms with E-state index in [1.54, 1.807) is 41.3 Å². The molecule has 180 valence electrons. The summed E-state index contributed by atoms with van der Waals surface area (Å²) in [6, 6.07) is 10.1. The number of rotatable bonds is 4. The quantitative estimate of drug-likeness (QED) is 0.714. The van der Waals surface area contributed by atoms with Crippen molar-refractivity contribution in [3.63, 3.8) is 0 Å². The Morgan fingerprint density at radius 1 is 1.03 bits per heavy atom. The summed E-state index contributed by atoms with van der Waals surface area (Å²) in [5.74, 6) is 0.468. The Hall–Kier alpha value is -3.11. The van der Waals surface area contributed by atoms with Crippen molar-refractivity contribution in [3.8, 4) is 11.5 Å². The van der Waals surface area contributed by atoms with Gasteiger partial charge in [0.25, 0.3) is 0 Å².